The normalized spacial score (nSPS) is 25.9. The first-order valence-electron chi connectivity index (χ1n) is 7.78. The van der Waals surface area contributed by atoms with Crippen molar-refractivity contribution in [3.8, 4) is 0 Å². The number of halogens is 4. The van der Waals surface area contributed by atoms with Crippen LogP contribution in [0.25, 0.3) is 0 Å². The van der Waals surface area contributed by atoms with Gasteiger partial charge in [-0.3, -0.25) is 9.59 Å². The van der Waals surface area contributed by atoms with E-state index in [0.717, 1.165) is 12.1 Å². The smallest absolute Gasteiger partial charge is 0.417 e. The number of carbonyl (C=O) groups is 2. The molecule has 0 spiro atoms. The number of carbonyl (C=O) groups excluding carboxylic acids is 2. The summed E-state index contributed by atoms with van der Waals surface area (Å²) in [6.07, 6.45) is 0.0767. The number of hydrogen-bond donors (Lipinski definition) is 1. The molecule has 1 unspecified atom stereocenters. The molecule has 1 fully saturated rings. The first-order valence-corrected chi connectivity index (χ1v) is 8.16. The van der Waals surface area contributed by atoms with Gasteiger partial charge in [-0.15, -0.1) is 0 Å². The molecule has 1 aromatic rings. The van der Waals surface area contributed by atoms with E-state index < -0.39 is 40.5 Å². The highest BCUT2D eigenvalue weighted by Crippen LogP contribution is 2.38. The minimum atomic E-state index is -4.62. The fourth-order valence-electron chi connectivity index (χ4n) is 3.30. The molecular formula is C17H15ClF3NO3. The van der Waals surface area contributed by atoms with Crippen LogP contribution in [-0.4, -0.2) is 18.5 Å². The summed E-state index contributed by atoms with van der Waals surface area (Å²) in [4.78, 5) is 24.6. The van der Waals surface area contributed by atoms with Crippen molar-refractivity contribution in [2.24, 2.45) is 17.8 Å². The molecule has 8 heteroatoms. The zero-order chi connectivity index (χ0) is 18.2. The Bertz CT molecular complexity index is 732. The summed E-state index contributed by atoms with van der Waals surface area (Å²) < 4.78 is 43.8. The number of rotatable bonds is 2. The maximum Gasteiger partial charge on any atom is 0.417 e. The molecule has 1 saturated heterocycles. The van der Waals surface area contributed by atoms with Crippen LogP contribution in [0.1, 0.15) is 18.4 Å². The number of hydrogen-bond acceptors (Lipinski definition) is 3. The summed E-state index contributed by atoms with van der Waals surface area (Å²) >= 11 is 5.57. The number of nitrogens with one attached hydrogen (secondary N) is 1. The second-order valence-electron chi connectivity index (χ2n) is 6.10. The highest BCUT2D eigenvalue weighted by molar-refractivity contribution is 6.31. The van der Waals surface area contributed by atoms with Gasteiger partial charge in [0.15, 0.2) is 0 Å². The van der Waals surface area contributed by atoms with Gasteiger partial charge in [-0.25, -0.2) is 0 Å². The summed E-state index contributed by atoms with van der Waals surface area (Å²) in [5, 5.41) is 2.02. The van der Waals surface area contributed by atoms with Crippen LogP contribution in [0, 0.1) is 17.8 Å². The Morgan fingerprint density at radius 1 is 1.32 bits per heavy atom. The molecule has 2 aliphatic rings. The summed E-state index contributed by atoms with van der Waals surface area (Å²) in [5.41, 5.74) is -1.04. The SMILES string of the molecule is O=C(Nc1ccc(Cl)c(C(F)(F)F)c1)C1CC=C[C@@H]2CCOC(=O)[C@H]12. The molecule has 3 rings (SSSR count). The first kappa shape index (κ1) is 17.8. The molecule has 1 aliphatic heterocycles. The van der Waals surface area contributed by atoms with Crippen LogP contribution in [0.15, 0.2) is 30.4 Å². The molecule has 134 valence electrons. The number of fused-ring (bicyclic) bond motifs is 1. The van der Waals surface area contributed by atoms with E-state index in [1.54, 1.807) is 0 Å². The number of allylic oxidation sites excluding steroid dienone is 2. The van der Waals surface area contributed by atoms with E-state index in [4.69, 9.17) is 16.3 Å². The van der Waals surface area contributed by atoms with Crippen molar-refractivity contribution in [1.82, 2.24) is 0 Å². The van der Waals surface area contributed by atoms with E-state index in [-0.39, 0.29) is 11.6 Å². The molecule has 1 amide bonds. The summed E-state index contributed by atoms with van der Waals surface area (Å²) in [7, 11) is 0. The summed E-state index contributed by atoms with van der Waals surface area (Å²) in [6, 6.07) is 3.17. The lowest BCUT2D eigenvalue weighted by Gasteiger charge is -2.35. The standard InChI is InChI=1S/C17H15ClF3NO3/c18-13-5-4-10(8-12(13)17(19,20)21)22-15(23)11-3-1-2-9-6-7-25-16(24)14(9)11/h1-2,4-5,8-9,11,14H,3,6-7H2,(H,22,23)/t9-,11?,14+/m1/s1. The molecule has 1 aliphatic carbocycles. The molecule has 1 N–H and O–H groups in total. The highest BCUT2D eigenvalue weighted by atomic mass is 35.5. The van der Waals surface area contributed by atoms with E-state index >= 15 is 0 Å². The van der Waals surface area contributed by atoms with Gasteiger partial charge < -0.3 is 10.1 Å². The van der Waals surface area contributed by atoms with Crippen LogP contribution < -0.4 is 5.32 Å². The van der Waals surface area contributed by atoms with Crippen molar-refractivity contribution in [2.75, 3.05) is 11.9 Å². The molecule has 0 aromatic heterocycles. The Hall–Kier alpha value is -2.02. The van der Waals surface area contributed by atoms with Gasteiger partial charge >= 0.3 is 12.1 Å². The molecule has 0 saturated carbocycles. The Labute approximate surface area is 147 Å². The van der Waals surface area contributed by atoms with Crippen molar-refractivity contribution in [2.45, 2.75) is 19.0 Å². The van der Waals surface area contributed by atoms with Crippen molar-refractivity contribution >= 4 is 29.2 Å². The monoisotopic (exact) mass is 373 g/mol. The second-order valence-corrected chi connectivity index (χ2v) is 6.50. The van der Waals surface area contributed by atoms with Gasteiger partial charge in [0.25, 0.3) is 0 Å². The van der Waals surface area contributed by atoms with Crippen LogP contribution in [0.5, 0.6) is 0 Å². The third-order valence-electron chi connectivity index (χ3n) is 4.51. The van der Waals surface area contributed by atoms with Crippen LogP contribution in [0.2, 0.25) is 5.02 Å². The number of amides is 1. The number of cyclic esters (lactones) is 1. The van der Waals surface area contributed by atoms with E-state index in [1.165, 1.54) is 6.07 Å². The van der Waals surface area contributed by atoms with E-state index in [9.17, 15) is 22.8 Å². The minimum absolute atomic E-state index is 0.0167. The van der Waals surface area contributed by atoms with Crippen LogP contribution >= 0.6 is 11.6 Å². The Balaban J connectivity index is 1.80. The fourth-order valence-corrected chi connectivity index (χ4v) is 3.52. The van der Waals surface area contributed by atoms with Crippen LogP contribution in [0.4, 0.5) is 18.9 Å². The van der Waals surface area contributed by atoms with Gasteiger partial charge in [0, 0.05) is 5.69 Å². The van der Waals surface area contributed by atoms with E-state index in [1.807, 2.05) is 12.2 Å². The van der Waals surface area contributed by atoms with Crippen molar-refractivity contribution in [3.63, 3.8) is 0 Å². The molecule has 1 heterocycles. The molecule has 0 radical (unpaired) electrons. The molecular weight excluding hydrogens is 359 g/mol. The topological polar surface area (TPSA) is 55.4 Å². The predicted octanol–water partition coefficient (Wildman–Crippen LogP) is 4.05. The molecule has 25 heavy (non-hydrogen) atoms. The number of anilines is 1. The first-order chi connectivity index (χ1) is 11.8. The molecule has 3 atom stereocenters. The molecule has 1 aromatic carbocycles. The average Bonchev–Trinajstić information content (AvgIpc) is 2.55. The maximum absolute atomic E-state index is 12.9. The summed E-state index contributed by atoms with van der Waals surface area (Å²) in [6.45, 7) is 0.310. The number of alkyl halides is 3. The van der Waals surface area contributed by atoms with Crippen LogP contribution in [0.3, 0.4) is 0 Å². The lowest BCUT2D eigenvalue weighted by Crippen LogP contribution is -2.43. The van der Waals surface area contributed by atoms with Gasteiger partial charge in [-0.1, -0.05) is 23.8 Å². The van der Waals surface area contributed by atoms with Crippen molar-refractivity contribution in [3.05, 3.63) is 40.9 Å². The number of benzene rings is 1. The van der Waals surface area contributed by atoms with Crippen LogP contribution in [-0.2, 0) is 20.5 Å². The summed E-state index contributed by atoms with van der Waals surface area (Å²) in [5.74, 6) is -2.30. The van der Waals surface area contributed by atoms with Crippen molar-refractivity contribution < 1.29 is 27.5 Å². The Kier molecular flexibility index (Phi) is 4.77. The lowest BCUT2D eigenvalue weighted by molar-refractivity contribution is -0.160. The highest BCUT2D eigenvalue weighted by Gasteiger charge is 2.43. The largest absolute Gasteiger partial charge is 0.465 e. The molecule has 4 nitrogen and oxygen atoms in total. The quantitative estimate of drug-likeness (QED) is 0.628. The third kappa shape index (κ3) is 3.66. The minimum Gasteiger partial charge on any atom is -0.465 e. The van der Waals surface area contributed by atoms with E-state index in [2.05, 4.69) is 5.32 Å². The van der Waals surface area contributed by atoms with Gasteiger partial charge in [-0.05, 0) is 37.0 Å². The average molecular weight is 374 g/mol. The predicted molar refractivity (Wildman–Crippen MR) is 84.9 cm³/mol. The zero-order valence-corrected chi connectivity index (χ0v) is 13.7. The third-order valence-corrected chi connectivity index (χ3v) is 4.84. The fraction of sp³-hybridized carbons (Fsp3) is 0.412. The van der Waals surface area contributed by atoms with Gasteiger partial charge in [0.05, 0.1) is 29.0 Å². The number of ether oxygens (including phenoxy) is 1. The Morgan fingerprint density at radius 2 is 2.08 bits per heavy atom. The second kappa shape index (κ2) is 6.71. The lowest BCUT2D eigenvalue weighted by atomic mass is 9.73. The Morgan fingerprint density at radius 3 is 2.80 bits per heavy atom. The van der Waals surface area contributed by atoms with Crippen molar-refractivity contribution in [1.29, 1.82) is 0 Å². The maximum atomic E-state index is 12.9. The zero-order valence-electron chi connectivity index (χ0n) is 13.0. The van der Waals surface area contributed by atoms with Gasteiger partial charge in [0.2, 0.25) is 5.91 Å². The molecule has 0 bridgehead atoms. The van der Waals surface area contributed by atoms with Gasteiger partial charge in [-0.2, -0.15) is 13.2 Å². The number of esters is 1. The van der Waals surface area contributed by atoms with E-state index in [0.29, 0.717) is 19.4 Å². The van der Waals surface area contributed by atoms with Gasteiger partial charge in [0.1, 0.15) is 0 Å².